The average Bonchev–Trinajstić information content (AvgIpc) is 3.33. The van der Waals surface area contributed by atoms with Gasteiger partial charge in [0, 0.05) is 17.5 Å². The second-order valence-electron chi connectivity index (χ2n) is 11.3. The van der Waals surface area contributed by atoms with E-state index in [1.54, 1.807) is 24.3 Å². The Bertz CT molecular complexity index is 1960. The number of imide groups is 1. The van der Waals surface area contributed by atoms with Gasteiger partial charge in [-0.1, -0.05) is 84.9 Å². The van der Waals surface area contributed by atoms with E-state index in [4.69, 9.17) is 9.73 Å². The summed E-state index contributed by atoms with van der Waals surface area (Å²) in [5.41, 5.74) is 4.79. The van der Waals surface area contributed by atoms with Crippen molar-refractivity contribution >= 4 is 46.1 Å². The molecule has 1 heterocycles. The van der Waals surface area contributed by atoms with Crippen LogP contribution in [0, 0.1) is 11.8 Å². The number of fused-ring (bicyclic) bond motifs is 1. The number of hydrogen-bond acceptors (Lipinski definition) is 5. The minimum atomic E-state index is -0.973. The van der Waals surface area contributed by atoms with Crippen molar-refractivity contribution in [3.8, 4) is 0 Å². The van der Waals surface area contributed by atoms with Crippen molar-refractivity contribution in [2.24, 2.45) is 16.8 Å². The van der Waals surface area contributed by atoms with Crippen molar-refractivity contribution < 1.29 is 19.1 Å². The molecule has 0 aromatic heterocycles. The number of carbonyl (C=O) groups excluding carboxylic acids is 3. The number of ether oxygens (including phenoxy) is 1. The van der Waals surface area contributed by atoms with E-state index in [0.717, 1.165) is 33.0 Å². The van der Waals surface area contributed by atoms with Gasteiger partial charge < -0.3 is 4.74 Å². The third kappa shape index (κ3) is 3.40. The normalized spacial score (nSPS) is 23.4. The number of nitrogens with zero attached hydrogens (tertiary/aromatic N) is 2. The molecule has 208 valence electrons. The Balaban J connectivity index is 1.35. The Hall–Kier alpha value is -5.36. The lowest BCUT2D eigenvalue weighted by Crippen LogP contribution is -2.54. The zero-order valence-corrected chi connectivity index (χ0v) is 23.3. The van der Waals surface area contributed by atoms with Crippen molar-refractivity contribution in [2.75, 3.05) is 12.0 Å². The number of methoxy groups -OCH3 is 1. The van der Waals surface area contributed by atoms with E-state index >= 15 is 0 Å². The summed E-state index contributed by atoms with van der Waals surface area (Å²) in [5.74, 6) is -2.32. The van der Waals surface area contributed by atoms with Crippen LogP contribution in [0.4, 0.5) is 11.4 Å². The Morgan fingerprint density at radius 2 is 1.40 bits per heavy atom. The van der Waals surface area contributed by atoms with Gasteiger partial charge in [-0.25, -0.2) is 9.69 Å². The van der Waals surface area contributed by atoms with Gasteiger partial charge in [0.1, 0.15) is 0 Å². The third-order valence-corrected chi connectivity index (χ3v) is 9.40. The zero-order valence-electron chi connectivity index (χ0n) is 23.3. The molecule has 5 aromatic carbocycles. The number of hydrogen-bond donors (Lipinski definition) is 0. The number of rotatable bonds is 4. The van der Waals surface area contributed by atoms with Crippen LogP contribution in [0.25, 0.3) is 10.8 Å². The lowest BCUT2D eigenvalue weighted by molar-refractivity contribution is -0.122. The van der Waals surface area contributed by atoms with Gasteiger partial charge in [0.2, 0.25) is 11.8 Å². The van der Waals surface area contributed by atoms with Gasteiger partial charge in [-0.05, 0) is 58.0 Å². The first-order chi connectivity index (χ1) is 21.0. The van der Waals surface area contributed by atoms with E-state index in [0.29, 0.717) is 16.9 Å². The zero-order chi connectivity index (χ0) is 29.3. The Morgan fingerprint density at radius 1 is 0.767 bits per heavy atom. The molecular formula is C37H26N2O4. The lowest BCUT2D eigenvalue weighted by atomic mass is 9.47. The minimum Gasteiger partial charge on any atom is -0.465 e. The second-order valence-corrected chi connectivity index (χ2v) is 11.3. The predicted octanol–water partition coefficient (Wildman–Crippen LogP) is 6.58. The summed E-state index contributed by atoms with van der Waals surface area (Å²) < 4.78 is 4.84. The molecule has 2 bridgehead atoms. The van der Waals surface area contributed by atoms with Crippen molar-refractivity contribution in [1.82, 2.24) is 0 Å². The van der Waals surface area contributed by atoms with Gasteiger partial charge in [-0.2, -0.15) is 0 Å². The molecule has 4 aliphatic rings. The maximum atomic E-state index is 14.8. The van der Waals surface area contributed by atoms with Crippen LogP contribution in [0.15, 0.2) is 120 Å². The van der Waals surface area contributed by atoms with Gasteiger partial charge in [-0.15, -0.1) is 0 Å². The molecular weight excluding hydrogens is 536 g/mol. The molecule has 0 radical (unpaired) electrons. The van der Waals surface area contributed by atoms with Crippen LogP contribution in [-0.2, 0) is 19.7 Å². The largest absolute Gasteiger partial charge is 0.465 e. The van der Waals surface area contributed by atoms with Gasteiger partial charge in [0.05, 0.1) is 41.3 Å². The predicted molar refractivity (Wildman–Crippen MR) is 165 cm³/mol. The Morgan fingerprint density at radius 3 is 2.09 bits per heavy atom. The van der Waals surface area contributed by atoms with Gasteiger partial charge in [-0.3, -0.25) is 14.6 Å². The van der Waals surface area contributed by atoms with Crippen molar-refractivity contribution in [3.63, 3.8) is 0 Å². The maximum absolute atomic E-state index is 14.8. The summed E-state index contributed by atoms with van der Waals surface area (Å²) in [5, 5.41) is 1.83. The molecule has 3 aliphatic carbocycles. The average molecular weight is 563 g/mol. The molecule has 0 saturated carbocycles. The summed E-state index contributed by atoms with van der Waals surface area (Å²) in [6.45, 7) is 0. The quantitative estimate of drug-likeness (QED) is 0.141. The maximum Gasteiger partial charge on any atom is 0.337 e. The molecule has 0 N–H and O–H groups in total. The summed E-state index contributed by atoms with van der Waals surface area (Å²) in [4.78, 5) is 47.7. The molecule has 6 heteroatoms. The molecule has 9 rings (SSSR count). The molecule has 0 unspecified atom stereocenters. The van der Waals surface area contributed by atoms with Crippen LogP contribution in [0.5, 0.6) is 0 Å². The summed E-state index contributed by atoms with van der Waals surface area (Å²) >= 11 is 0. The number of benzene rings is 5. The smallest absolute Gasteiger partial charge is 0.337 e. The summed E-state index contributed by atoms with van der Waals surface area (Å²) in [6.07, 6.45) is 1.86. The second kappa shape index (κ2) is 9.33. The minimum absolute atomic E-state index is 0.180. The first-order valence-corrected chi connectivity index (χ1v) is 14.3. The highest BCUT2D eigenvalue weighted by molar-refractivity contribution is 6.27. The van der Waals surface area contributed by atoms with Crippen LogP contribution in [0.1, 0.15) is 38.5 Å². The standard InChI is InChI=1S/C37H26N2O4/c1-43-36(42)23-17-19-24(20-18-23)38-21-37-28-14-6-4-12-26(28)31(27-13-5-7-15-29(27)37)32-33(37)35(41)39(34(32)40)30-16-8-10-22-9-2-3-11-25(22)30/h2-21,31-33H,1H3/t31?,32-,33+,37?/m1/s1. The molecule has 1 fully saturated rings. The number of anilines is 1. The molecule has 5 aromatic rings. The van der Waals surface area contributed by atoms with Crippen LogP contribution >= 0.6 is 0 Å². The van der Waals surface area contributed by atoms with Gasteiger partial charge in [0.25, 0.3) is 0 Å². The number of esters is 1. The van der Waals surface area contributed by atoms with Crippen molar-refractivity contribution in [3.05, 3.63) is 143 Å². The fourth-order valence-electron chi connectivity index (χ4n) is 7.67. The highest BCUT2D eigenvalue weighted by Crippen LogP contribution is 2.64. The van der Waals surface area contributed by atoms with E-state index in [2.05, 4.69) is 24.3 Å². The molecule has 0 spiro atoms. The monoisotopic (exact) mass is 562 g/mol. The lowest BCUT2D eigenvalue weighted by Gasteiger charge is -2.52. The number of carbonyl (C=O) groups is 3. The molecule has 2 atom stereocenters. The topological polar surface area (TPSA) is 76.0 Å². The van der Waals surface area contributed by atoms with Crippen molar-refractivity contribution in [1.29, 1.82) is 0 Å². The highest BCUT2D eigenvalue weighted by atomic mass is 16.5. The molecule has 1 saturated heterocycles. The molecule has 2 amide bonds. The number of aliphatic imine (C=N–C) groups is 1. The van der Waals surface area contributed by atoms with Crippen molar-refractivity contribution in [2.45, 2.75) is 11.3 Å². The van der Waals surface area contributed by atoms with Crippen LogP contribution < -0.4 is 4.90 Å². The van der Waals surface area contributed by atoms with E-state index in [1.807, 2.05) is 72.9 Å². The first-order valence-electron chi connectivity index (χ1n) is 14.3. The van der Waals surface area contributed by atoms with E-state index in [1.165, 1.54) is 12.0 Å². The summed E-state index contributed by atoms with van der Waals surface area (Å²) in [7, 11) is 1.35. The highest BCUT2D eigenvalue weighted by Gasteiger charge is 2.68. The first kappa shape index (κ1) is 25.4. The number of amides is 2. The van der Waals surface area contributed by atoms with E-state index in [9.17, 15) is 14.4 Å². The Kier molecular flexibility index (Phi) is 5.50. The molecule has 43 heavy (non-hydrogen) atoms. The fraction of sp³-hybridized carbons (Fsp3) is 0.135. The third-order valence-electron chi connectivity index (χ3n) is 9.40. The van der Waals surface area contributed by atoms with Crippen LogP contribution in [0.2, 0.25) is 0 Å². The van der Waals surface area contributed by atoms with E-state index < -0.39 is 23.2 Å². The summed E-state index contributed by atoms with van der Waals surface area (Å²) in [6, 6.07) is 36.7. The van der Waals surface area contributed by atoms with Gasteiger partial charge >= 0.3 is 5.97 Å². The SMILES string of the molecule is COC(=O)c1ccc(N=CC23c4ccccc4C(c4ccccc42)[C@H]2C(=O)N(c4cccc5ccccc45)C(=O)[C@H]23)cc1. The van der Waals surface area contributed by atoms with Gasteiger partial charge in [0.15, 0.2) is 0 Å². The molecule has 1 aliphatic heterocycles. The molecule has 6 nitrogen and oxygen atoms in total. The van der Waals surface area contributed by atoms with Crippen LogP contribution in [-0.4, -0.2) is 31.1 Å². The Labute approximate surface area is 248 Å². The van der Waals surface area contributed by atoms with Crippen LogP contribution in [0.3, 0.4) is 0 Å². The fourth-order valence-corrected chi connectivity index (χ4v) is 7.67. The van der Waals surface area contributed by atoms with E-state index in [-0.39, 0.29) is 17.7 Å².